The molecular weight excluding hydrogens is 239 g/mol. The van der Waals surface area contributed by atoms with Crippen molar-refractivity contribution in [1.29, 1.82) is 0 Å². The third-order valence-corrected chi connectivity index (χ3v) is 7.55. The third kappa shape index (κ3) is 4.02. The van der Waals surface area contributed by atoms with Gasteiger partial charge in [-0.2, -0.15) is 0 Å². The molecule has 0 saturated carbocycles. The van der Waals surface area contributed by atoms with E-state index in [0.717, 1.165) is 0 Å². The molecule has 0 N–H and O–H groups in total. The van der Waals surface area contributed by atoms with Crippen molar-refractivity contribution in [3.05, 3.63) is 0 Å². The molecule has 56 valence electrons. The van der Waals surface area contributed by atoms with E-state index in [0.29, 0.717) is 0 Å². The van der Waals surface area contributed by atoms with Crippen molar-refractivity contribution in [1.82, 2.24) is 0 Å². The summed E-state index contributed by atoms with van der Waals surface area (Å²) in [5.74, 6) is 8.75. The first-order valence-electron chi connectivity index (χ1n) is 3.50. The monoisotopic (exact) mass is 252 g/mol. The van der Waals surface area contributed by atoms with Gasteiger partial charge in [0.1, 0.15) is 0 Å². The van der Waals surface area contributed by atoms with E-state index in [2.05, 4.69) is 34.5 Å². The first kappa shape index (κ1) is 10.5. The SMILES string of the molecule is CC#[C][Sn]([CH3])([C]#CC)[C]#CC. The van der Waals surface area contributed by atoms with Crippen molar-refractivity contribution in [2.75, 3.05) is 0 Å². The third-order valence-electron chi connectivity index (χ3n) is 1.12. The van der Waals surface area contributed by atoms with Crippen LogP contribution in [-0.2, 0) is 0 Å². The van der Waals surface area contributed by atoms with Crippen molar-refractivity contribution in [2.45, 2.75) is 25.7 Å². The molecule has 0 saturated heterocycles. The van der Waals surface area contributed by atoms with E-state index in [4.69, 9.17) is 0 Å². The summed E-state index contributed by atoms with van der Waals surface area (Å²) < 4.78 is 9.52. The van der Waals surface area contributed by atoms with Crippen molar-refractivity contribution in [3.8, 4) is 29.6 Å². The van der Waals surface area contributed by atoms with E-state index in [-0.39, 0.29) is 0 Å². The second-order valence-electron chi connectivity index (χ2n) is 2.25. The molecule has 0 rings (SSSR count). The molecular formula is C10H12Sn. The zero-order chi connectivity index (χ0) is 8.74. The Morgan fingerprint density at radius 3 is 1.18 bits per heavy atom. The topological polar surface area (TPSA) is 0 Å². The second-order valence-corrected chi connectivity index (χ2v) is 10.8. The molecule has 0 heterocycles. The first-order chi connectivity index (χ1) is 5.18. The van der Waals surface area contributed by atoms with Gasteiger partial charge in [0.05, 0.1) is 0 Å². The normalized spacial score (nSPS) is 7.64. The maximum atomic E-state index is 3.17. The molecule has 0 atom stereocenters. The average Bonchev–Trinajstić information content (AvgIpc) is 1.88. The van der Waals surface area contributed by atoms with Crippen molar-refractivity contribution >= 4 is 18.4 Å². The van der Waals surface area contributed by atoms with Crippen LogP contribution in [-0.4, -0.2) is 18.4 Å². The summed E-state index contributed by atoms with van der Waals surface area (Å²) in [5, 5.41) is 0. The summed E-state index contributed by atoms with van der Waals surface area (Å²) in [7, 11) is 0. The summed E-state index contributed by atoms with van der Waals surface area (Å²) in [4.78, 5) is 2.14. The quantitative estimate of drug-likeness (QED) is 0.454. The number of rotatable bonds is 0. The van der Waals surface area contributed by atoms with Crippen LogP contribution in [0.2, 0.25) is 4.94 Å². The number of hydrogen-bond donors (Lipinski definition) is 0. The minimum atomic E-state index is -2.55. The van der Waals surface area contributed by atoms with E-state index < -0.39 is 18.4 Å². The van der Waals surface area contributed by atoms with Gasteiger partial charge in [-0.25, -0.2) is 0 Å². The molecule has 0 nitrogen and oxygen atoms in total. The molecule has 0 spiro atoms. The van der Waals surface area contributed by atoms with E-state index in [1.54, 1.807) is 0 Å². The Balaban J connectivity index is 4.81. The van der Waals surface area contributed by atoms with Gasteiger partial charge in [0, 0.05) is 0 Å². The molecule has 0 aliphatic carbocycles. The Labute approximate surface area is 73.6 Å². The van der Waals surface area contributed by atoms with Gasteiger partial charge in [0.2, 0.25) is 0 Å². The van der Waals surface area contributed by atoms with Crippen molar-refractivity contribution in [3.63, 3.8) is 0 Å². The summed E-state index contributed by atoms with van der Waals surface area (Å²) in [6.45, 7) is 5.55. The van der Waals surface area contributed by atoms with Crippen molar-refractivity contribution < 1.29 is 0 Å². The Kier molecular flexibility index (Phi) is 4.93. The molecule has 0 aromatic heterocycles. The second kappa shape index (κ2) is 5.17. The van der Waals surface area contributed by atoms with E-state index in [9.17, 15) is 0 Å². The van der Waals surface area contributed by atoms with Crippen LogP contribution in [0.15, 0.2) is 0 Å². The summed E-state index contributed by atoms with van der Waals surface area (Å²) in [6, 6.07) is 0. The molecule has 0 unspecified atom stereocenters. The molecule has 0 aromatic rings. The van der Waals surface area contributed by atoms with Gasteiger partial charge in [-0.3, -0.25) is 0 Å². The van der Waals surface area contributed by atoms with Crippen molar-refractivity contribution in [2.24, 2.45) is 0 Å². The fourth-order valence-electron chi connectivity index (χ4n) is 0.844. The Bertz CT molecular complexity index is 243. The van der Waals surface area contributed by atoms with E-state index in [1.165, 1.54) is 0 Å². The molecule has 0 aromatic carbocycles. The van der Waals surface area contributed by atoms with Crippen LogP contribution in [0.5, 0.6) is 0 Å². The molecule has 1 heteroatoms. The Morgan fingerprint density at radius 2 is 1.00 bits per heavy atom. The van der Waals surface area contributed by atoms with Gasteiger partial charge < -0.3 is 0 Å². The van der Waals surface area contributed by atoms with Gasteiger partial charge in [-0.15, -0.1) is 0 Å². The summed E-state index contributed by atoms with van der Waals surface area (Å²) in [6.07, 6.45) is 0. The fourth-order valence-corrected chi connectivity index (χ4v) is 5.66. The first-order valence-corrected chi connectivity index (χ1v) is 10.6. The predicted octanol–water partition coefficient (Wildman–Crippen LogP) is 1.75. The average molecular weight is 251 g/mol. The molecule has 0 fully saturated rings. The van der Waals surface area contributed by atoms with E-state index in [1.807, 2.05) is 20.8 Å². The van der Waals surface area contributed by atoms with Gasteiger partial charge in [-0.1, -0.05) is 0 Å². The van der Waals surface area contributed by atoms with Crippen LogP contribution in [0.25, 0.3) is 0 Å². The zero-order valence-corrected chi connectivity index (χ0v) is 10.4. The van der Waals surface area contributed by atoms with Crippen LogP contribution in [0.1, 0.15) is 20.8 Å². The zero-order valence-electron chi connectivity index (χ0n) is 7.50. The van der Waals surface area contributed by atoms with Crippen LogP contribution in [0, 0.1) is 29.6 Å². The molecule has 0 radical (unpaired) electrons. The number of hydrogen-bond acceptors (Lipinski definition) is 0. The summed E-state index contributed by atoms with van der Waals surface area (Å²) >= 11 is -2.55. The van der Waals surface area contributed by atoms with Crippen LogP contribution >= 0.6 is 0 Å². The molecule has 0 bridgehead atoms. The predicted molar refractivity (Wildman–Crippen MR) is 52.0 cm³/mol. The standard InChI is InChI=1S/3C3H3.CH3.Sn/c3*1-3-2;;/h3*1H3;1H3;. The van der Waals surface area contributed by atoms with Gasteiger partial charge in [0.25, 0.3) is 0 Å². The maximum absolute atomic E-state index is 3.17. The van der Waals surface area contributed by atoms with Crippen LogP contribution in [0.4, 0.5) is 0 Å². The minimum absolute atomic E-state index is 1.85. The fraction of sp³-hybridized carbons (Fsp3) is 0.400. The van der Waals surface area contributed by atoms with Gasteiger partial charge in [-0.05, 0) is 0 Å². The Morgan fingerprint density at radius 1 is 0.727 bits per heavy atom. The molecule has 0 aliphatic rings. The van der Waals surface area contributed by atoms with Crippen LogP contribution in [0.3, 0.4) is 0 Å². The summed E-state index contributed by atoms with van der Waals surface area (Å²) in [5.41, 5.74) is 0. The molecule has 11 heavy (non-hydrogen) atoms. The van der Waals surface area contributed by atoms with Crippen LogP contribution < -0.4 is 0 Å². The Hall–Kier alpha value is -0.521. The molecule has 0 aliphatic heterocycles. The van der Waals surface area contributed by atoms with E-state index >= 15 is 0 Å². The van der Waals surface area contributed by atoms with Gasteiger partial charge in [0.15, 0.2) is 0 Å². The molecule has 0 amide bonds. The van der Waals surface area contributed by atoms with Gasteiger partial charge >= 0.3 is 73.7 Å².